The Morgan fingerprint density at radius 2 is 1.43 bits per heavy atom. The average molecular weight is 384 g/mol. The van der Waals surface area contributed by atoms with E-state index in [9.17, 15) is 4.79 Å². The number of hydrogen-bond acceptors (Lipinski definition) is 5. The summed E-state index contributed by atoms with van der Waals surface area (Å²) in [5.41, 5.74) is 1.54. The monoisotopic (exact) mass is 384 g/mol. The standard InChI is InChI=1S/C22H28N2O4/c1-16(2)28-18-9-6-5-8-17(18)23-12-14-24(15-13-23)22(25)21-19(26-3)10-7-11-20(21)27-4/h5-11,16H,12-15H2,1-4H3. The van der Waals surface area contributed by atoms with Crippen LogP contribution in [0, 0.1) is 0 Å². The zero-order valence-electron chi connectivity index (χ0n) is 17.0. The minimum atomic E-state index is -0.0688. The third kappa shape index (κ3) is 4.16. The first-order valence-corrected chi connectivity index (χ1v) is 9.56. The van der Waals surface area contributed by atoms with Gasteiger partial charge in [0.1, 0.15) is 22.8 Å². The van der Waals surface area contributed by atoms with Gasteiger partial charge in [-0.05, 0) is 38.1 Å². The van der Waals surface area contributed by atoms with Gasteiger partial charge in [-0.25, -0.2) is 0 Å². The summed E-state index contributed by atoms with van der Waals surface area (Å²) in [6, 6.07) is 13.4. The molecule has 0 aromatic heterocycles. The van der Waals surface area contributed by atoms with Crippen LogP contribution in [0.2, 0.25) is 0 Å². The van der Waals surface area contributed by atoms with E-state index < -0.39 is 0 Å². The number of methoxy groups -OCH3 is 2. The van der Waals surface area contributed by atoms with Crippen LogP contribution in [-0.2, 0) is 0 Å². The van der Waals surface area contributed by atoms with Gasteiger partial charge in [0.15, 0.2) is 0 Å². The summed E-state index contributed by atoms with van der Waals surface area (Å²) >= 11 is 0. The first-order chi connectivity index (χ1) is 13.5. The van der Waals surface area contributed by atoms with Gasteiger partial charge in [-0.15, -0.1) is 0 Å². The highest BCUT2D eigenvalue weighted by Gasteiger charge is 2.28. The maximum atomic E-state index is 13.1. The number of ether oxygens (including phenoxy) is 3. The first-order valence-electron chi connectivity index (χ1n) is 9.56. The Labute approximate surface area is 166 Å². The van der Waals surface area contributed by atoms with E-state index in [0.29, 0.717) is 30.2 Å². The molecule has 2 aromatic rings. The molecule has 1 fully saturated rings. The lowest BCUT2D eigenvalue weighted by atomic mass is 10.1. The Balaban J connectivity index is 1.74. The molecule has 0 bridgehead atoms. The fourth-order valence-corrected chi connectivity index (χ4v) is 3.44. The molecule has 0 saturated carbocycles. The van der Waals surface area contributed by atoms with Crippen molar-refractivity contribution in [1.82, 2.24) is 4.90 Å². The van der Waals surface area contributed by atoms with Gasteiger partial charge in [-0.1, -0.05) is 18.2 Å². The van der Waals surface area contributed by atoms with Crippen LogP contribution in [-0.4, -0.2) is 57.3 Å². The highest BCUT2D eigenvalue weighted by molar-refractivity contribution is 5.99. The van der Waals surface area contributed by atoms with Crippen LogP contribution >= 0.6 is 0 Å². The quantitative estimate of drug-likeness (QED) is 0.764. The van der Waals surface area contributed by atoms with Gasteiger partial charge < -0.3 is 24.0 Å². The minimum Gasteiger partial charge on any atom is -0.496 e. The Kier molecular flexibility index (Phi) is 6.29. The van der Waals surface area contributed by atoms with E-state index >= 15 is 0 Å². The van der Waals surface area contributed by atoms with E-state index in [-0.39, 0.29) is 12.0 Å². The summed E-state index contributed by atoms with van der Waals surface area (Å²) in [5, 5.41) is 0. The Hall–Kier alpha value is -2.89. The highest BCUT2D eigenvalue weighted by atomic mass is 16.5. The maximum absolute atomic E-state index is 13.1. The van der Waals surface area contributed by atoms with Gasteiger partial charge >= 0.3 is 0 Å². The van der Waals surface area contributed by atoms with Crippen LogP contribution in [0.5, 0.6) is 17.2 Å². The predicted molar refractivity (Wildman–Crippen MR) is 110 cm³/mol. The molecule has 0 aliphatic carbocycles. The zero-order valence-corrected chi connectivity index (χ0v) is 17.0. The lowest BCUT2D eigenvalue weighted by molar-refractivity contribution is 0.0739. The highest BCUT2D eigenvalue weighted by Crippen LogP contribution is 2.32. The SMILES string of the molecule is COc1cccc(OC)c1C(=O)N1CCN(c2ccccc2OC(C)C)CC1. The Bertz CT molecular complexity index is 792. The molecular formula is C22H28N2O4. The molecule has 6 nitrogen and oxygen atoms in total. The molecule has 0 radical (unpaired) electrons. The smallest absolute Gasteiger partial charge is 0.261 e. The Morgan fingerprint density at radius 1 is 0.857 bits per heavy atom. The number of carbonyl (C=O) groups excluding carboxylic acids is 1. The topological polar surface area (TPSA) is 51.2 Å². The largest absolute Gasteiger partial charge is 0.496 e. The van der Waals surface area contributed by atoms with Gasteiger partial charge in [0.25, 0.3) is 5.91 Å². The fourth-order valence-electron chi connectivity index (χ4n) is 3.44. The molecule has 150 valence electrons. The Morgan fingerprint density at radius 3 is 2.00 bits per heavy atom. The van der Waals surface area contributed by atoms with Crippen molar-refractivity contribution in [3.05, 3.63) is 48.0 Å². The second-order valence-electron chi connectivity index (χ2n) is 6.95. The van der Waals surface area contributed by atoms with Gasteiger partial charge in [-0.3, -0.25) is 4.79 Å². The van der Waals surface area contributed by atoms with Crippen LogP contribution in [0.15, 0.2) is 42.5 Å². The normalized spacial score (nSPS) is 14.2. The number of piperazine rings is 1. The lowest BCUT2D eigenvalue weighted by Crippen LogP contribution is -2.49. The third-order valence-corrected chi connectivity index (χ3v) is 4.78. The van der Waals surface area contributed by atoms with Crippen LogP contribution < -0.4 is 19.1 Å². The maximum Gasteiger partial charge on any atom is 0.261 e. The van der Waals surface area contributed by atoms with Gasteiger partial charge in [0.05, 0.1) is 26.0 Å². The second kappa shape index (κ2) is 8.87. The molecule has 3 rings (SSSR count). The van der Waals surface area contributed by atoms with E-state index in [1.54, 1.807) is 26.4 Å². The van der Waals surface area contributed by atoms with E-state index in [2.05, 4.69) is 11.0 Å². The van der Waals surface area contributed by atoms with E-state index in [4.69, 9.17) is 14.2 Å². The number of anilines is 1. The molecule has 28 heavy (non-hydrogen) atoms. The average Bonchev–Trinajstić information content (AvgIpc) is 2.72. The number of nitrogens with zero attached hydrogens (tertiary/aromatic N) is 2. The predicted octanol–water partition coefficient (Wildman–Crippen LogP) is 3.45. The molecule has 0 atom stereocenters. The van der Waals surface area contributed by atoms with Crippen molar-refractivity contribution in [2.24, 2.45) is 0 Å². The molecule has 2 aromatic carbocycles. The molecule has 0 N–H and O–H groups in total. The van der Waals surface area contributed by atoms with Crippen LogP contribution in [0.3, 0.4) is 0 Å². The number of amides is 1. The molecule has 1 amide bonds. The van der Waals surface area contributed by atoms with E-state index in [1.165, 1.54) is 0 Å². The van der Waals surface area contributed by atoms with Crippen molar-refractivity contribution in [2.75, 3.05) is 45.3 Å². The third-order valence-electron chi connectivity index (χ3n) is 4.78. The van der Waals surface area contributed by atoms with Crippen molar-refractivity contribution >= 4 is 11.6 Å². The first kappa shape index (κ1) is 19.9. The van der Waals surface area contributed by atoms with Crippen molar-refractivity contribution in [3.8, 4) is 17.2 Å². The number of benzene rings is 2. The zero-order chi connectivity index (χ0) is 20.1. The number of para-hydroxylation sites is 2. The number of hydrogen-bond donors (Lipinski definition) is 0. The summed E-state index contributed by atoms with van der Waals surface area (Å²) in [6.07, 6.45) is 0.113. The molecule has 6 heteroatoms. The van der Waals surface area contributed by atoms with Crippen LogP contribution in [0.1, 0.15) is 24.2 Å². The molecule has 1 heterocycles. The lowest BCUT2D eigenvalue weighted by Gasteiger charge is -2.37. The molecule has 1 saturated heterocycles. The summed E-state index contributed by atoms with van der Waals surface area (Å²) in [6.45, 7) is 6.76. The summed E-state index contributed by atoms with van der Waals surface area (Å²) < 4.78 is 16.7. The number of carbonyl (C=O) groups is 1. The fraction of sp³-hybridized carbons (Fsp3) is 0.409. The van der Waals surface area contributed by atoms with Crippen LogP contribution in [0.4, 0.5) is 5.69 Å². The van der Waals surface area contributed by atoms with E-state index in [1.807, 2.05) is 43.0 Å². The summed E-state index contributed by atoms with van der Waals surface area (Å²) in [7, 11) is 3.13. The molecule has 0 unspecified atom stereocenters. The second-order valence-corrected chi connectivity index (χ2v) is 6.95. The van der Waals surface area contributed by atoms with Crippen molar-refractivity contribution in [1.29, 1.82) is 0 Å². The minimum absolute atomic E-state index is 0.0688. The van der Waals surface area contributed by atoms with Crippen LogP contribution in [0.25, 0.3) is 0 Å². The van der Waals surface area contributed by atoms with Gasteiger partial charge in [0.2, 0.25) is 0 Å². The van der Waals surface area contributed by atoms with Crippen molar-refractivity contribution in [3.63, 3.8) is 0 Å². The molecule has 0 spiro atoms. The summed E-state index contributed by atoms with van der Waals surface area (Å²) in [5.74, 6) is 1.87. The van der Waals surface area contributed by atoms with E-state index in [0.717, 1.165) is 24.5 Å². The van der Waals surface area contributed by atoms with Crippen molar-refractivity contribution < 1.29 is 19.0 Å². The summed E-state index contributed by atoms with van der Waals surface area (Å²) in [4.78, 5) is 17.3. The molecule has 1 aliphatic rings. The van der Waals surface area contributed by atoms with Gasteiger partial charge in [-0.2, -0.15) is 0 Å². The molecular weight excluding hydrogens is 356 g/mol. The molecule has 1 aliphatic heterocycles. The van der Waals surface area contributed by atoms with Gasteiger partial charge in [0, 0.05) is 26.2 Å². The number of rotatable bonds is 6. The van der Waals surface area contributed by atoms with Crippen molar-refractivity contribution in [2.45, 2.75) is 20.0 Å².